The van der Waals surface area contributed by atoms with Gasteiger partial charge in [-0.05, 0) is 57.3 Å². The van der Waals surface area contributed by atoms with Crippen molar-refractivity contribution in [1.82, 2.24) is 24.4 Å². The fourth-order valence-corrected chi connectivity index (χ4v) is 5.68. The third kappa shape index (κ3) is 8.26. The predicted molar refractivity (Wildman–Crippen MR) is 192 cm³/mol. The van der Waals surface area contributed by atoms with Gasteiger partial charge in [-0.3, -0.25) is 4.79 Å². The van der Waals surface area contributed by atoms with E-state index in [2.05, 4.69) is 26.4 Å². The molecule has 1 saturated heterocycles. The Morgan fingerprint density at radius 1 is 1.14 bits per heavy atom. The molecular weight excluding hydrogens is 623 g/mol. The number of likely N-dealkylation sites (N-methyl/N-ethyl adjacent to an activating group) is 1. The van der Waals surface area contributed by atoms with E-state index in [1.807, 2.05) is 69.8 Å². The van der Waals surface area contributed by atoms with Gasteiger partial charge in [0.2, 0.25) is 5.91 Å². The van der Waals surface area contributed by atoms with Gasteiger partial charge in [0.05, 0.1) is 23.0 Å². The highest BCUT2D eigenvalue weighted by Crippen LogP contribution is 2.40. The van der Waals surface area contributed by atoms with E-state index in [9.17, 15) is 4.79 Å². The first-order valence-corrected chi connectivity index (χ1v) is 16.7. The van der Waals surface area contributed by atoms with Gasteiger partial charge in [-0.25, -0.2) is 18.9 Å². The fourth-order valence-electron chi connectivity index (χ4n) is 5.68. The Kier molecular flexibility index (Phi) is 11.6. The zero-order valence-electron chi connectivity index (χ0n) is 29.1. The van der Waals surface area contributed by atoms with E-state index in [1.165, 1.54) is 12.4 Å². The van der Waals surface area contributed by atoms with Crippen LogP contribution in [0.4, 0.5) is 15.8 Å². The zero-order chi connectivity index (χ0) is 34.9. The first-order valence-electron chi connectivity index (χ1n) is 16.7. The van der Waals surface area contributed by atoms with E-state index in [-0.39, 0.29) is 17.6 Å². The molecule has 2 aliphatic rings. The van der Waals surface area contributed by atoms with Crippen LogP contribution in [0.2, 0.25) is 0 Å². The van der Waals surface area contributed by atoms with E-state index >= 15 is 4.39 Å². The molecule has 258 valence electrons. The van der Waals surface area contributed by atoms with Crippen molar-refractivity contribution in [2.24, 2.45) is 4.99 Å². The van der Waals surface area contributed by atoms with Crippen molar-refractivity contribution in [3.63, 3.8) is 0 Å². The quantitative estimate of drug-likeness (QED) is 0.126. The predicted octanol–water partition coefficient (Wildman–Crippen LogP) is 6.31. The van der Waals surface area contributed by atoms with Crippen molar-refractivity contribution in [3.05, 3.63) is 96.4 Å². The van der Waals surface area contributed by atoms with Gasteiger partial charge < -0.3 is 29.5 Å². The normalized spacial score (nSPS) is 16.0. The number of aliphatic imine (C=N–C) groups is 1. The second-order valence-electron chi connectivity index (χ2n) is 11.8. The Morgan fingerprint density at radius 3 is 2.73 bits per heavy atom. The Labute approximate surface area is 287 Å². The third-order valence-corrected chi connectivity index (χ3v) is 8.06. The van der Waals surface area contributed by atoms with Crippen LogP contribution in [0.25, 0.3) is 5.65 Å². The van der Waals surface area contributed by atoms with E-state index in [1.54, 1.807) is 47.3 Å². The highest BCUT2D eigenvalue weighted by Gasteiger charge is 2.36. The van der Waals surface area contributed by atoms with Crippen LogP contribution in [0.1, 0.15) is 38.3 Å². The molecule has 12 heteroatoms. The largest absolute Gasteiger partial charge is 0.488 e. The number of amides is 1. The minimum atomic E-state index is -0.498. The summed E-state index contributed by atoms with van der Waals surface area (Å²) in [6.45, 7) is 11.0. The lowest BCUT2D eigenvalue weighted by atomic mass is 10.0. The highest BCUT2D eigenvalue weighted by atomic mass is 19.1. The number of fused-ring (bicyclic) bond motifs is 4. The molecule has 11 nitrogen and oxygen atoms in total. The van der Waals surface area contributed by atoms with Crippen molar-refractivity contribution in [1.29, 1.82) is 0 Å². The second kappa shape index (κ2) is 16.2. The van der Waals surface area contributed by atoms with Crippen molar-refractivity contribution >= 4 is 28.8 Å². The Morgan fingerprint density at radius 2 is 1.96 bits per heavy atom. The number of amidine groups is 1. The molecule has 4 heterocycles. The number of piperazine rings is 1. The summed E-state index contributed by atoms with van der Waals surface area (Å²) < 4.78 is 29.5. The molecule has 1 N–H and O–H groups in total. The van der Waals surface area contributed by atoms with Gasteiger partial charge in [-0.2, -0.15) is 5.10 Å². The number of nitrogens with zero attached hydrogens (tertiary/aromatic N) is 7. The molecule has 6 rings (SSSR count). The van der Waals surface area contributed by atoms with Crippen LogP contribution >= 0.6 is 0 Å². The van der Waals surface area contributed by atoms with Gasteiger partial charge in [0.15, 0.2) is 11.4 Å². The minimum absolute atomic E-state index is 0.0121. The molecule has 0 saturated carbocycles. The maximum Gasteiger partial charge on any atom is 0.246 e. The van der Waals surface area contributed by atoms with Gasteiger partial charge in [0, 0.05) is 56.8 Å². The Bertz CT molecular complexity index is 1850. The Hall–Kier alpha value is -5.23. The van der Waals surface area contributed by atoms with Crippen molar-refractivity contribution in [2.75, 3.05) is 57.1 Å². The lowest BCUT2D eigenvalue weighted by Gasteiger charge is -2.46. The maximum absolute atomic E-state index is 15.6. The number of pyridine rings is 1. The third-order valence-electron chi connectivity index (χ3n) is 8.06. The summed E-state index contributed by atoms with van der Waals surface area (Å²) in [4.78, 5) is 27.9. The summed E-state index contributed by atoms with van der Waals surface area (Å²) in [6.07, 6.45) is 11.2. The molecular formula is C37H45FN8O3. The number of anilines is 2. The van der Waals surface area contributed by atoms with E-state index in [0.29, 0.717) is 61.5 Å². The smallest absolute Gasteiger partial charge is 0.246 e. The first kappa shape index (κ1) is 35.1. The number of rotatable bonds is 9. The lowest BCUT2D eigenvalue weighted by molar-refractivity contribution is -0.127. The average molecular weight is 669 g/mol. The van der Waals surface area contributed by atoms with Crippen LogP contribution in [0.5, 0.6) is 17.2 Å². The van der Waals surface area contributed by atoms with Gasteiger partial charge >= 0.3 is 0 Å². The molecule has 1 unspecified atom stereocenters. The van der Waals surface area contributed by atoms with Crippen LogP contribution in [0.3, 0.4) is 0 Å². The molecule has 2 aliphatic heterocycles. The number of carbonyl (C=O) groups excluding carboxylic acids is 1. The van der Waals surface area contributed by atoms with E-state index < -0.39 is 5.82 Å². The first-order chi connectivity index (χ1) is 23.8. The SMILES string of the molecule is CC.CC/C=C/N=C(Nc1ccc(Oc2ccn3ncnc3c2)cc1F)c1c(C)ccc2c1OCC1CN(C(=O)/C=C/CN(C)C)CCN21. The number of aromatic nitrogens is 3. The monoisotopic (exact) mass is 668 g/mol. The summed E-state index contributed by atoms with van der Waals surface area (Å²) in [5, 5.41) is 7.31. The molecule has 1 fully saturated rings. The standard InChI is InChI=1S/C35H39FN8O3.C2H6/c1-5-6-14-37-35(40-29-11-10-26(19-28(29)36)47-27-13-16-44-31(20-27)38-23-39-44)33-24(2)9-12-30-34(33)46-22-25-21-42(17-18-43(25)30)32(45)8-7-15-41(3)4;1-2/h6-14,16,19-20,23,25H,5,15,17-18,21-22H2,1-4H3,(H,37,40);1-2H3/b8-7+,14-6+;. The van der Waals surface area contributed by atoms with Crippen LogP contribution in [-0.4, -0.2) is 89.1 Å². The second-order valence-corrected chi connectivity index (χ2v) is 11.8. The summed E-state index contributed by atoms with van der Waals surface area (Å²) in [5.74, 6) is 1.53. The topological polar surface area (TPSA) is 99.8 Å². The van der Waals surface area contributed by atoms with Gasteiger partial charge in [-0.1, -0.05) is 39.0 Å². The molecule has 2 aromatic carbocycles. The molecule has 2 aromatic heterocycles. The van der Waals surface area contributed by atoms with Crippen LogP contribution in [0, 0.1) is 12.7 Å². The zero-order valence-corrected chi connectivity index (χ0v) is 29.1. The number of aryl methyl sites for hydroxylation is 1. The van der Waals surface area contributed by atoms with Gasteiger partial charge in [0.25, 0.3) is 0 Å². The number of halogens is 1. The van der Waals surface area contributed by atoms with Crippen LogP contribution in [-0.2, 0) is 4.79 Å². The van der Waals surface area contributed by atoms with E-state index in [0.717, 1.165) is 23.2 Å². The number of allylic oxidation sites excluding steroid dienone is 1. The summed E-state index contributed by atoms with van der Waals surface area (Å²) >= 11 is 0. The summed E-state index contributed by atoms with van der Waals surface area (Å²) in [5.41, 5.74) is 3.49. The molecule has 0 bridgehead atoms. The van der Waals surface area contributed by atoms with Gasteiger partial charge in [0.1, 0.15) is 36.1 Å². The maximum atomic E-state index is 15.6. The minimum Gasteiger partial charge on any atom is -0.488 e. The van der Waals surface area contributed by atoms with Crippen molar-refractivity contribution in [2.45, 2.75) is 40.2 Å². The molecule has 0 aliphatic carbocycles. The highest BCUT2D eigenvalue weighted by molar-refractivity contribution is 6.12. The van der Waals surface area contributed by atoms with Crippen LogP contribution < -0.4 is 19.7 Å². The van der Waals surface area contributed by atoms with Gasteiger partial charge in [-0.15, -0.1) is 0 Å². The number of nitrogens with one attached hydrogen (secondary N) is 1. The molecule has 1 amide bonds. The van der Waals surface area contributed by atoms with Crippen molar-refractivity contribution in [3.8, 4) is 17.2 Å². The summed E-state index contributed by atoms with van der Waals surface area (Å²) in [7, 11) is 3.94. The average Bonchev–Trinajstić information content (AvgIpc) is 3.57. The Balaban J connectivity index is 0.00000230. The molecule has 0 radical (unpaired) electrons. The fraction of sp³-hybridized carbons (Fsp3) is 0.351. The number of benzene rings is 2. The van der Waals surface area contributed by atoms with E-state index in [4.69, 9.17) is 14.5 Å². The number of hydrogen-bond acceptors (Lipinski definition) is 8. The number of carbonyl (C=O) groups is 1. The lowest BCUT2D eigenvalue weighted by Crippen LogP contribution is -2.58. The molecule has 1 atom stereocenters. The molecule has 49 heavy (non-hydrogen) atoms. The van der Waals surface area contributed by atoms with Crippen LogP contribution in [0.15, 0.2) is 84.4 Å². The van der Waals surface area contributed by atoms with Crippen molar-refractivity contribution < 1.29 is 18.7 Å². The molecule has 0 spiro atoms. The number of hydrogen-bond donors (Lipinski definition) is 1. The number of ether oxygens (including phenoxy) is 2. The molecule has 4 aromatic rings. The summed E-state index contributed by atoms with van der Waals surface area (Å²) in [6, 6.07) is 12.2.